The van der Waals surface area contributed by atoms with E-state index in [1.807, 2.05) is 48.9 Å². The van der Waals surface area contributed by atoms with Gasteiger partial charge < -0.3 is 0 Å². The van der Waals surface area contributed by atoms with E-state index in [0.717, 1.165) is 28.7 Å². The number of rotatable bonds is 3. The molecule has 0 N–H and O–H groups in total. The Morgan fingerprint density at radius 3 is 2.55 bits per heavy atom. The van der Waals surface area contributed by atoms with Crippen molar-refractivity contribution in [2.24, 2.45) is 5.92 Å². The van der Waals surface area contributed by atoms with Gasteiger partial charge in [-0.25, -0.2) is 9.97 Å². The number of nitrogens with zero attached hydrogens (tertiary/aromatic N) is 3. The Bertz CT molecular complexity index is 721. The molecule has 2 heterocycles. The molecule has 0 radical (unpaired) electrons. The highest BCUT2D eigenvalue weighted by atomic mass is 14.9. The average Bonchev–Trinajstić information content (AvgIpc) is 2.47. The molecule has 1 aromatic carbocycles. The van der Waals surface area contributed by atoms with Gasteiger partial charge in [-0.05, 0) is 17.9 Å². The van der Waals surface area contributed by atoms with Crippen LogP contribution in [0.25, 0.3) is 22.3 Å². The van der Waals surface area contributed by atoms with Gasteiger partial charge >= 0.3 is 0 Å². The number of hydrogen-bond acceptors (Lipinski definition) is 3. The van der Waals surface area contributed by atoms with E-state index in [1.54, 1.807) is 0 Å². The first-order chi connectivity index (χ1) is 9.74. The summed E-state index contributed by atoms with van der Waals surface area (Å²) in [4.78, 5) is 13.5. The lowest BCUT2D eigenvalue weighted by molar-refractivity contribution is 0.648. The minimum absolute atomic E-state index is 0.594. The van der Waals surface area contributed by atoms with Crippen LogP contribution in [0.2, 0.25) is 0 Å². The smallest absolute Gasteiger partial charge is 0.159 e. The largest absolute Gasteiger partial charge is 0.262 e. The average molecular weight is 263 g/mol. The third-order valence-electron chi connectivity index (χ3n) is 3.25. The molecule has 0 aliphatic heterocycles. The first-order valence-electron chi connectivity index (χ1n) is 6.89. The van der Waals surface area contributed by atoms with E-state index < -0.39 is 0 Å². The molecule has 0 spiro atoms. The van der Waals surface area contributed by atoms with Crippen LogP contribution >= 0.6 is 0 Å². The van der Waals surface area contributed by atoms with Crippen molar-refractivity contribution in [1.29, 1.82) is 0 Å². The van der Waals surface area contributed by atoms with Gasteiger partial charge in [-0.2, -0.15) is 0 Å². The zero-order valence-corrected chi connectivity index (χ0v) is 11.7. The van der Waals surface area contributed by atoms with Gasteiger partial charge in [0.25, 0.3) is 0 Å². The minimum Gasteiger partial charge on any atom is -0.262 e. The molecule has 0 bridgehead atoms. The lowest BCUT2D eigenvalue weighted by Crippen LogP contribution is -1.98. The van der Waals surface area contributed by atoms with Crippen molar-refractivity contribution in [3.05, 3.63) is 54.5 Å². The Labute approximate surface area is 118 Å². The molecule has 3 aromatic rings. The molecule has 0 saturated carbocycles. The van der Waals surface area contributed by atoms with Crippen molar-refractivity contribution < 1.29 is 0 Å². The Balaban J connectivity index is 2.09. The van der Waals surface area contributed by atoms with Crippen LogP contribution in [0.4, 0.5) is 0 Å². The number of hydrogen-bond donors (Lipinski definition) is 0. The SMILES string of the molecule is CC(C)Cc1cncc2nc(-c3ccccc3)ncc12. The summed E-state index contributed by atoms with van der Waals surface area (Å²) in [6.07, 6.45) is 6.66. The van der Waals surface area contributed by atoms with E-state index in [0.29, 0.717) is 5.92 Å². The topological polar surface area (TPSA) is 38.7 Å². The van der Waals surface area contributed by atoms with Crippen LogP contribution in [-0.2, 0) is 6.42 Å². The maximum atomic E-state index is 4.64. The third-order valence-corrected chi connectivity index (χ3v) is 3.25. The lowest BCUT2D eigenvalue weighted by Gasteiger charge is -2.08. The summed E-state index contributed by atoms with van der Waals surface area (Å²) in [6.45, 7) is 4.41. The van der Waals surface area contributed by atoms with Crippen LogP contribution < -0.4 is 0 Å². The van der Waals surface area contributed by atoms with E-state index in [9.17, 15) is 0 Å². The van der Waals surface area contributed by atoms with E-state index >= 15 is 0 Å². The molecule has 0 amide bonds. The summed E-state index contributed by atoms with van der Waals surface area (Å²) in [5, 5.41) is 1.10. The fourth-order valence-electron chi connectivity index (χ4n) is 2.34. The molecule has 2 aromatic heterocycles. The van der Waals surface area contributed by atoms with E-state index in [2.05, 4.69) is 28.8 Å². The number of fused-ring (bicyclic) bond motifs is 1. The summed E-state index contributed by atoms with van der Waals surface area (Å²) in [7, 11) is 0. The van der Waals surface area contributed by atoms with Gasteiger partial charge in [0.1, 0.15) is 0 Å². The Morgan fingerprint density at radius 1 is 1.00 bits per heavy atom. The van der Waals surface area contributed by atoms with Gasteiger partial charge in [-0.15, -0.1) is 0 Å². The van der Waals surface area contributed by atoms with Crippen molar-refractivity contribution in [3.8, 4) is 11.4 Å². The fourth-order valence-corrected chi connectivity index (χ4v) is 2.34. The molecule has 0 fully saturated rings. The molecule has 0 atom stereocenters. The maximum absolute atomic E-state index is 4.64. The van der Waals surface area contributed by atoms with E-state index in [-0.39, 0.29) is 0 Å². The molecule has 20 heavy (non-hydrogen) atoms. The first kappa shape index (κ1) is 12.7. The van der Waals surface area contributed by atoms with E-state index in [4.69, 9.17) is 0 Å². The summed E-state index contributed by atoms with van der Waals surface area (Å²) in [5.74, 6) is 1.35. The van der Waals surface area contributed by atoms with Crippen LogP contribution in [0.3, 0.4) is 0 Å². The van der Waals surface area contributed by atoms with Gasteiger partial charge in [0.05, 0.1) is 11.7 Å². The molecular weight excluding hydrogens is 246 g/mol. The standard InChI is InChI=1S/C17H17N3/c1-12(2)8-14-9-18-11-16-15(14)10-19-17(20-16)13-6-4-3-5-7-13/h3-7,9-12H,8H2,1-2H3. The monoisotopic (exact) mass is 263 g/mol. The van der Waals surface area contributed by atoms with Gasteiger partial charge in [0.2, 0.25) is 0 Å². The Kier molecular flexibility index (Phi) is 3.42. The molecule has 0 aliphatic carbocycles. The number of aromatic nitrogens is 3. The Hall–Kier alpha value is -2.29. The van der Waals surface area contributed by atoms with Crippen LogP contribution in [0.1, 0.15) is 19.4 Å². The van der Waals surface area contributed by atoms with E-state index in [1.165, 1.54) is 5.56 Å². The molecule has 3 heteroatoms. The first-order valence-corrected chi connectivity index (χ1v) is 6.89. The maximum Gasteiger partial charge on any atom is 0.159 e. The summed E-state index contributed by atoms with van der Waals surface area (Å²) in [5.41, 5.74) is 3.16. The Morgan fingerprint density at radius 2 is 1.80 bits per heavy atom. The normalized spacial score (nSPS) is 11.2. The van der Waals surface area contributed by atoms with Gasteiger partial charge in [0.15, 0.2) is 5.82 Å². The number of benzene rings is 1. The van der Waals surface area contributed by atoms with Crippen molar-refractivity contribution in [3.63, 3.8) is 0 Å². The fraction of sp³-hybridized carbons (Fsp3) is 0.235. The third kappa shape index (κ3) is 2.52. The molecule has 100 valence electrons. The highest BCUT2D eigenvalue weighted by Crippen LogP contribution is 2.21. The van der Waals surface area contributed by atoms with Crippen molar-refractivity contribution in [2.45, 2.75) is 20.3 Å². The molecule has 0 aliphatic rings. The van der Waals surface area contributed by atoms with Crippen molar-refractivity contribution in [2.75, 3.05) is 0 Å². The molecule has 0 unspecified atom stereocenters. The van der Waals surface area contributed by atoms with Crippen LogP contribution in [-0.4, -0.2) is 15.0 Å². The second-order valence-corrected chi connectivity index (χ2v) is 5.39. The quantitative estimate of drug-likeness (QED) is 0.719. The molecule has 3 nitrogen and oxygen atoms in total. The van der Waals surface area contributed by atoms with Crippen molar-refractivity contribution >= 4 is 10.9 Å². The second-order valence-electron chi connectivity index (χ2n) is 5.39. The van der Waals surface area contributed by atoms with Crippen molar-refractivity contribution in [1.82, 2.24) is 15.0 Å². The summed E-state index contributed by atoms with van der Waals surface area (Å²) in [6, 6.07) is 10.0. The summed E-state index contributed by atoms with van der Waals surface area (Å²) < 4.78 is 0. The molecule has 3 rings (SSSR count). The zero-order chi connectivity index (χ0) is 13.9. The highest BCUT2D eigenvalue weighted by molar-refractivity contribution is 5.81. The van der Waals surface area contributed by atoms with Gasteiger partial charge in [-0.1, -0.05) is 44.2 Å². The van der Waals surface area contributed by atoms with Crippen LogP contribution in [0.5, 0.6) is 0 Å². The highest BCUT2D eigenvalue weighted by Gasteiger charge is 2.07. The lowest BCUT2D eigenvalue weighted by atomic mass is 10.0. The van der Waals surface area contributed by atoms with Crippen LogP contribution in [0.15, 0.2) is 48.9 Å². The second kappa shape index (κ2) is 5.37. The minimum atomic E-state index is 0.594. The molecule has 0 saturated heterocycles. The van der Waals surface area contributed by atoms with Gasteiger partial charge in [0, 0.05) is 23.3 Å². The summed E-state index contributed by atoms with van der Waals surface area (Å²) >= 11 is 0. The molecular formula is C17H17N3. The van der Waals surface area contributed by atoms with Crippen LogP contribution in [0, 0.1) is 5.92 Å². The predicted octanol–water partition coefficient (Wildman–Crippen LogP) is 3.89. The predicted molar refractivity (Wildman–Crippen MR) is 81.3 cm³/mol. The van der Waals surface area contributed by atoms with Gasteiger partial charge in [-0.3, -0.25) is 4.98 Å². The number of pyridine rings is 1. The zero-order valence-electron chi connectivity index (χ0n) is 11.7.